The molecule has 3 rings (SSSR count). The van der Waals surface area contributed by atoms with E-state index in [0.29, 0.717) is 38.5 Å². The van der Waals surface area contributed by atoms with Crippen LogP contribution in [0.15, 0.2) is 45.7 Å². The highest BCUT2D eigenvalue weighted by Crippen LogP contribution is 2.35. The largest absolute Gasteiger partial charge is 0.673 e. The summed E-state index contributed by atoms with van der Waals surface area (Å²) in [5.41, 5.74) is 1.10. The van der Waals surface area contributed by atoms with Crippen molar-refractivity contribution < 1.29 is 26.5 Å². The van der Waals surface area contributed by atoms with Crippen molar-refractivity contribution >= 4 is 53.2 Å². The summed E-state index contributed by atoms with van der Waals surface area (Å²) in [6.45, 7) is 2.44. The Labute approximate surface area is 167 Å². The van der Waals surface area contributed by atoms with E-state index < -0.39 is 7.25 Å². The maximum absolute atomic E-state index is 12.2. The smallest absolute Gasteiger partial charge is 0.456 e. The van der Waals surface area contributed by atoms with Crippen molar-refractivity contribution in [1.82, 2.24) is 4.90 Å². The Bertz CT molecular complexity index is 963. The van der Waals surface area contributed by atoms with Crippen molar-refractivity contribution in [1.29, 1.82) is 5.39 Å². The number of diazo groups is 1. The predicted molar refractivity (Wildman–Crippen MR) is 105 cm³/mol. The fourth-order valence-corrected chi connectivity index (χ4v) is 3.61. The number of furan rings is 1. The number of hydrogen-bond acceptors (Lipinski definition) is 5. The van der Waals surface area contributed by atoms with E-state index in [2.05, 4.69) is 4.98 Å². The molecule has 1 aromatic carbocycles. The van der Waals surface area contributed by atoms with Crippen LogP contribution in [0.3, 0.4) is 0 Å². The Hall–Kier alpha value is -2.65. The summed E-state index contributed by atoms with van der Waals surface area (Å²) < 4.78 is 45.3. The quantitative estimate of drug-likeness (QED) is 0.198. The fourth-order valence-electron chi connectivity index (χ4n) is 2.25. The van der Waals surface area contributed by atoms with Crippen LogP contribution in [0.2, 0.25) is 0 Å². The van der Waals surface area contributed by atoms with Gasteiger partial charge in [-0.05, 0) is 25.1 Å². The number of thioether (sulfide) groups is 1. The molecule has 0 N–H and O–H groups in total. The molecule has 5 nitrogen and oxygen atoms in total. The monoisotopic (exact) mass is 429 g/mol. The lowest BCUT2D eigenvalue weighted by molar-refractivity contribution is -0.122. The lowest BCUT2D eigenvalue weighted by Gasteiger charge is -2.09. The Morgan fingerprint density at radius 1 is 1.25 bits per heavy atom. The van der Waals surface area contributed by atoms with Gasteiger partial charge in [-0.1, -0.05) is 36.1 Å². The number of halogens is 4. The van der Waals surface area contributed by atoms with Crippen LogP contribution in [0.25, 0.3) is 22.4 Å². The van der Waals surface area contributed by atoms with Crippen LogP contribution in [0.1, 0.15) is 12.7 Å². The minimum absolute atomic E-state index is 0.105. The Kier molecular flexibility index (Phi) is 6.98. The van der Waals surface area contributed by atoms with Gasteiger partial charge < -0.3 is 21.7 Å². The number of thiocarbonyl (C=S) groups is 1. The Balaban J connectivity index is 0.000000500. The number of benzene rings is 1. The van der Waals surface area contributed by atoms with Crippen LogP contribution in [0, 0.1) is 5.39 Å². The SMILES string of the molecule is CCN1C(=O)C(=Cc2ccc(-c3ccccc3[N+]#N)o2)SC1=S.F[B-](F)(F)F. The first-order valence-electron chi connectivity index (χ1n) is 7.81. The molecule has 0 spiro atoms. The van der Waals surface area contributed by atoms with E-state index in [0.717, 1.165) is 0 Å². The van der Waals surface area contributed by atoms with Crippen LogP contribution < -0.4 is 0 Å². The van der Waals surface area contributed by atoms with Crippen LogP contribution in [-0.2, 0) is 4.79 Å². The standard InChI is InChI=1S/C16H12N3O2S2.BF4/c1-2-19-15(20)14(23-16(19)22)9-10-7-8-13(21-10)11-5-3-4-6-12(11)18-17;2-1(3,4)5/h3-9H,2H2,1H3;/q+1;-1. The van der Waals surface area contributed by atoms with Crippen molar-refractivity contribution in [3.63, 3.8) is 0 Å². The second-order valence-electron chi connectivity index (χ2n) is 5.24. The van der Waals surface area contributed by atoms with Crippen molar-refractivity contribution in [3.8, 4) is 11.3 Å². The molecule has 0 bridgehead atoms. The van der Waals surface area contributed by atoms with Gasteiger partial charge in [-0.2, -0.15) is 0 Å². The minimum Gasteiger partial charge on any atom is -0.456 e. The van der Waals surface area contributed by atoms with Gasteiger partial charge in [0, 0.05) is 18.7 Å². The average Bonchev–Trinajstić information content (AvgIpc) is 3.18. The van der Waals surface area contributed by atoms with Crippen LogP contribution in [0.5, 0.6) is 0 Å². The molecule has 0 saturated carbocycles. The molecular weight excluding hydrogens is 417 g/mol. The van der Waals surface area contributed by atoms with Gasteiger partial charge in [-0.15, -0.1) is 0 Å². The zero-order valence-electron chi connectivity index (χ0n) is 14.3. The molecule has 2 heterocycles. The normalized spacial score (nSPS) is 15.4. The van der Waals surface area contributed by atoms with Crippen molar-refractivity contribution in [2.45, 2.75) is 6.92 Å². The molecule has 12 heteroatoms. The number of carbonyl (C=O) groups is 1. The van der Waals surface area contributed by atoms with Crippen molar-refractivity contribution in [3.05, 3.63) is 52.0 Å². The highest BCUT2D eigenvalue weighted by molar-refractivity contribution is 8.26. The third-order valence-corrected chi connectivity index (χ3v) is 4.74. The van der Waals surface area contributed by atoms with Gasteiger partial charge in [0.25, 0.3) is 5.91 Å². The third-order valence-electron chi connectivity index (χ3n) is 3.37. The molecule has 0 atom stereocenters. The summed E-state index contributed by atoms with van der Waals surface area (Å²) in [4.78, 5) is 17.5. The maximum Gasteiger partial charge on any atom is 0.673 e. The molecule has 1 saturated heterocycles. The zero-order valence-corrected chi connectivity index (χ0v) is 15.9. The fraction of sp³-hybridized carbons (Fsp3) is 0.125. The van der Waals surface area contributed by atoms with Gasteiger partial charge in [-0.3, -0.25) is 9.69 Å². The van der Waals surface area contributed by atoms with Crippen LogP contribution in [-0.4, -0.2) is 28.9 Å². The highest BCUT2D eigenvalue weighted by atomic mass is 32.2. The van der Waals surface area contributed by atoms with Gasteiger partial charge in [0.2, 0.25) is 5.39 Å². The van der Waals surface area contributed by atoms with Crippen LogP contribution in [0.4, 0.5) is 23.0 Å². The van der Waals surface area contributed by atoms with E-state index in [1.54, 1.807) is 41.3 Å². The van der Waals surface area contributed by atoms with Crippen molar-refractivity contribution in [2.24, 2.45) is 0 Å². The summed E-state index contributed by atoms with van der Waals surface area (Å²) in [5, 5.41) is 9.04. The molecule has 1 aromatic heterocycles. The Morgan fingerprint density at radius 3 is 2.46 bits per heavy atom. The second-order valence-corrected chi connectivity index (χ2v) is 6.92. The van der Waals surface area contributed by atoms with E-state index in [-0.39, 0.29) is 5.91 Å². The molecule has 1 fully saturated rings. The zero-order chi connectivity index (χ0) is 20.9. The molecule has 1 amide bonds. The summed E-state index contributed by atoms with van der Waals surface area (Å²) >= 11 is 6.45. The van der Waals surface area contributed by atoms with Gasteiger partial charge >= 0.3 is 12.9 Å². The van der Waals surface area contributed by atoms with E-state index in [1.165, 1.54) is 11.8 Å². The van der Waals surface area contributed by atoms with E-state index in [4.69, 9.17) is 22.0 Å². The lowest BCUT2D eigenvalue weighted by atomic mass is 10.1. The third kappa shape index (κ3) is 5.67. The van der Waals surface area contributed by atoms with Crippen molar-refractivity contribution in [2.75, 3.05) is 6.54 Å². The lowest BCUT2D eigenvalue weighted by Crippen LogP contribution is -2.27. The minimum atomic E-state index is -6.00. The number of nitrogens with zero attached hydrogens (tertiary/aromatic N) is 3. The van der Waals surface area contributed by atoms with Gasteiger partial charge in [0.05, 0.1) is 4.91 Å². The number of carbonyl (C=O) groups excluding carboxylic acids is 1. The van der Waals surface area contributed by atoms with Crippen LogP contribution >= 0.6 is 24.0 Å². The van der Waals surface area contributed by atoms with Gasteiger partial charge in [0.15, 0.2) is 4.98 Å². The highest BCUT2D eigenvalue weighted by Gasteiger charge is 2.31. The summed E-state index contributed by atoms with van der Waals surface area (Å²) in [6, 6.07) is 10.6. The molecular formula is C16H12BF4N3O2S2. The first-order chi connectivity index (χ1) is 13.1. The molecule has 28 heavy (non-hydrogen) atoms. The molecule has 0 radical (unpaired) electrons. The molecule has 2 aromatic rings. The van der Waals surface area contributed by atoms with Gasteiger partial charge in [-0.25, -0.2) is 0 Å². The molecule has 146 valence electrons. The first-order valence-corrected chi connectivity index (χ1v) is 9.03. The second kappa shape index (κ2) is 9.03. The van der Waals surface area contributed by atoms with Gasteiger partial charge in [0.1, 0.15) is 21.4 Å². The number of hydrogen-bond donors (Lipinski definition) is 0. The molecule has 0 unspecified atom stereocenters. The van der Waals surface area contributed by atoms with E-state index in [9.17, 15) is 22.1 Å². The summed E-state index contributed by atoms with van der Waals surface area (Å²) in [5.74, 6) is 1.01. The summed E-state index contributed by atoms with van der Waals surface area (Å²) in [6.07, 6.45) is 1.68. The Morgan fingerprint density at radius 2 is 1.89 bits per heavy atom. The number of likely N-dealkylation sites (N-methyl/N-ethyl adjacent to an activating group) is 1. The predicted octanol–water partition coefficient (Wildman–Crippen LogP) is 5.95. The number of amides is 1. The molecule has 1 aliphatic heterocycles. The topological polar surface area (TPSA) is 61.6 Å². The maximum atomic E-state index is 12.2. The number of rotatable bonds is 3. The summed E-state index contributed by atoms with van der Waals surface area (Å²) in [7, 11) is -6.00. The molecule has 1 aliphatic rings. The molecule has 0 aliphatic carbocycles. The average molecular weight is 429 g/mol. The van der Waals surface area contributed by atoms with E-state index >= 15 is 0 Å². The van der Waals surface area contributed by atoms with E-state index in [1.807, 2.05) is 13.0 Å². The first kappa shape index (κ1) is 21.7.